The topological polar surface area (TPSA) is 64.0 Å². The summed E-state index contributed by atoms with van der Waals surface area (Å²) in [5, 5.41) is 19.2. The maximum absolute atomic E-state index is 11.8. The second-order valence-corrected chi connectivity index (χ2v) is 5.72. The smallest absolute Gasteiger partial charge is 0.324 e. The molecule has 1 fully saturated rings. The van der Waals surface area contributed by atoms with Crippen molar-refractivity contribution in [1.29, 1.82) is 0 Å². The Balaban J connectivity index is 2.19. The zero-order chi connectivity index (χ0) is 14.8. The van der Waals surface area contributed by atoms with E-state index in [0.29, 0.717) is 6.42 Å². The fraction of sp³-hybridized carbons (Fsp3) is 0.533. The summed E-state index contributed by atoms with van der Waals surface area (Å²) in [5.41, 5.74) is -0.0940. The lowest BCUT2D eigenvalue weighted by molar-refractivity contribution is -0.151. The third-order valence-electron chi connectivity index (χ3n) is 4.12. The van der Waals surface area contributed by atoms with E-state index in [1.165, 1.54) is 0 Å². The zero-order valence-electron chi connectivity index (χ0n) is 12.0. The van der Waals surface area contributed by atoms with Crippen molar-refractivity contribution in [3.05, 3.63) is 29.8 Å². The molecule has 1 aromatic rings. The third kappa shape index (κ3) is 3.11. The van der Waals surface area contributed by atoms with Crippen LogP contribution in [-0.4, -0.2) is 64.7 Å². The van der Waals surface area contributed by atoms with Crippen molar-refractivity contribution in [1.82, 2.24) is 9.80 Å². The van der Waals surface area contributed by atoms with E-state index in [9.17, 15) is 15.0 Å². The lowest BCUT2D eigenvalue weighted by atomic mass is 9.90. The highest BCUT2D eigenvalue weighted by molar-refractivity contribution is 5.78. The Bertz CT molecular complexity index is 484. The van der Waals surface area contributed by atoms with Gasteiger partial charge in [0.1, 0.15) is 11.3 Å². The Morgan fingerprint density at radius 1 is 1.30 bits per heavy atom. The number of carboxylic acid groups (broad SMARTS) is 1. The highest BCUT2D eigenvalue weighted by atomic mass is 16.4. The minimum Gasteiger partial charge on any atom is -0.508 e. The van der Waals surface area contributed by atoms with E-state index in [0.717, 1.165) is 31.7 Å². The number of benzene rings is 1. The van der Waals surface area contributed by atoms with Gasteiger partial charge >= 0.3 is 5.97 Å². The number of phenolic OH excluding ortho intramolecular Hbond substituents is 1. The molecule has 0 aromatic heterocycles. The molecule has 0 bridgehead atoms. The van der Waals surface area contributed by atoms with E-state index >= 15 is 0 Å². The van der Waals surface area contributed by atoms with Crippen LogP contribution in [-0.2, 0) is 11.2 Å². The minimum atomic E-state index is -0.935. The first-order chi connectivity index (χ1) is 9.41. The average molecular weight is 278 g/mol. The van der Waals surface area contributed by atoms with E-state index in [1.807, 2.05) is 18.0 Å². The molecule has 1 aromatic carbocycles. The first kappa shape index (κ1) is 14.8. The van der Waals surface area contributed by atoms with E-state index in [1.54, 1.807) is 25.1 Å². The molecule has 20 heavy (non-hydrogen) atoms. The first-order valence-corrected chi connectivity index (χ1v) is 6.87. The maximum Gasteiger partial charge on any atom is 0.324 e. The van der Waals surface area contributed by atoms with Gasteiger partial charge < -0.3 is 15.1 Å². The summed E-state index contributed by atoms with van der Waals surface area (Å²) in [5.74, 6) is -0.640. The van der Waals surface area contributed by atoms with Crippen LogP contribution in [0.3, 0.4) is 0 Å². The van der Waals surface area contributed by atoms with Crippen LogP contribution >= 0.6 is 0 Å². The van der Waals surface area contributed by atoms with E-state index in [2.05, 4.69) is 4.90 Å². The molecule has 1 saturated heterocycles. The molecule has 5 nitrogen and oxygen atoms in total. The average Bonchev–Trinajstić information content (AvgIpc) is 2.39. The van der Waals surface area contributed by atoms with Crippen LogP contribution in [0.2, 0.25) is 0 Å². The van der Waals surface area contributed by atoms with Gasteiger partial charge in [0.15, 0.2) is 0 Å². The standard InChI is InChI=1S/C15H22N2O3/c1-15(14(19)20,17-8-6-16(2)7-9-17)11-12-4-3-5-13(18)10-12/h3-5,10,18H,6-9,11H2,1-2H3,(H,19,20). The van der Waals surface area contributed by atoms with Crippen molar-refractivity contribution in [3.8, 4) is 5.75 Å². The van der Waals surface area contributed by atoms with Gasteiger partial charge in [-0.25, -0.2) is 0 Å². The van der Waals surface area contributed by atoms with Crippen LogP contribution in [0, 0.1) is 0 Å². The predicted molar refractivity (Wildman–Crippen MR) is 76.9 cm³/mol. The number of piperazine rings is 1. The van der Waals surface area contributed by atoms with Gasteiger partial charge in [-0.15, -0.1) is 0 Å². The third-order valence-corrected chi connectivity index (χ3v) is 4.12. The van der Waals surface area contributed by atoms with Crippen LogP contribution in [0.25, 0.3) is 0 Å². The molecule has 0 saturated carbocycles. The number of aromatic hydroxyl groups is 1. The second kappa shape index (κ2) is 5.81. The summed E-state index contributed by atoms with van der Waals surface area (Å²) in [4.78, 5) is 16.0. The summed E-state index contributed by atoms with van der Waals surface area (Å²) >= 11 is 0. The van der Waals surface area contributed by atoms with E-state index in [4.69, 9.17) is 0 Å². The van der Waals surface area contributed by atoms with Gasteiger partial charge in [0.25, 0.3) is 0 Å². The van der Waals surface area contributed by atoms with Crippen molar-refractivity contribution in [3.63, 3.8) is 0 Å². The molecule has 1 aliphatic heterocycles. The normalized spacial score (nSPS) is 20.5. The Hall–Kier alpha value is -1.59. The Morgan fingerprint density at radius 2 is 1.95 bits per heavy atom. The van der Waals surface area contributed by atoms with E-state index < -0.39 is 11.5 Å². The molecule has 2 rings (SSSR count). The number of carboxylic acids is 1. The Morgan fingerprint density at radius 3 is 2.50 bits per heavy atom. The Kier molecular flexibility index (Phi) is 4.30. The molecule has 1 atom stereocenters. The summed E-state index contributed by atoms with van der Waals surface area (Å²) in [7, 11) is 2.05. The summed E-state index contributed by atoms with van der Waals surface area (Å²) in [6.45, 7) is 5.02. The number of nitrogens with zero attached hydrogens (tertiary/aromatic N) is 2. The van der Waals surface area contributed by atoms with Crippen LogP contribution in [0.5, 0.6) is 5.75 Å². The number of hydrogen-bond donors (Lipinski definition) is 2. The molecule has 1 aliphatic rings. The van der Waals surface area contributed by atoms with Crippen LogP contribution < -0.4 is 0 Å². The SMILES string of the molecule is CN1CCN(C(C)(Cc2cccc(O)c2)C(=O)O)CC1. The fourth-order valence-electron chi connectivity index (χ4n) is 2.69. The zero-order valence-corrected chi connectivity index (χ0v) is 12.0. The quantitative estimate of drug-likeness (QED) is 0.861. The van der Waals surface area contributed by atoms with Crippen molar-refractivity contribution < 1.29 is 15.0 Å². The molecule has 5 heteroatoms. The molecule has 0 aliphatic carbocycles. The number of rotatable bonds is 4. The van der Waals surface area contributed by atoms with Crippen molar-refractivity contribution in [2.45, 2.75) is 18.9 Å². The Labute approximate surface area is 119 Å². The van der Waals surface area contributed by atoms with Gasteiger partial charge in [0.05, 0.1) is 0 Å². The predicted octanol–water partition coefficient (Wildman–Crippen LogP) is 1.03. The molecular weight excluding hydrogens is 256 g/mol. The lowest BCUT2D eigenvalue weighted by Crippen LogP contribution is -2.59. The number of phenols is 1. The molecule has 1 unspecified atom stereocenters. The maximum atomic E-state index is 11.8. The number of carbonyl (C=O) groups is 1. The summed E-state index contributed by atoms with van der Waals surface area (Å²) in [6, 6.07) is 6.84. The van der Waals surface area contributed by atoms with Gasteiger partial charge in [-0.1, -0.05) is 12.1 Å². The highest BCUT2D eigenvalue weighted by Gasteiger charge is 2.40. The number of likely N-dealkylation sites (N-methyl/N-ethyl adjacent to an activating group) is 1. The van der Waals surface area contributed by atoms with Crippen LogP contribution in [0.4, 0.5) is 0 Å². The van der Waals surface area contributed by atoms with Crippen LogP contribution in [0.1, 0.15) is 12.5 Å². The van der Waals surface area contributed by atoms with Crippen molar-refractivity contribution in [2.75, 3.05) is 33.2 Å². The van der Waals surface area contributed by atoms with Gasteiger partial charge in [-0.05, 0) is 31.7 Å². The molecular formula is C15H22N2O3. The largest absolute Gasteiger partial charge is 0.508 e. The number of aliphatic carboxylic acids is 1. The van der Waals surface area contributed by atoms with Gasteiger partial charge in [0.2, 0.25) is 0 Å². The van der Waals surface area contributed by atoms with E-state index in [-0.39, 0.29) is 5.75 Å². The van der Waals surface area contributed by atoms with Crippen LogP contribution in [0.15, 0.2) is 24.3 Å². The second-order valence-electron chi connectivity index (χ2n) is 5.72. The molecule has 0 spiro atoms. The van der Waals surface area contributed by atoms with Gasteiger partial charge in [-0.2, -0.15) is 0 Å². The molecule has 0 radical (unpaired) electrons. The summed E-state index contributed by atoms with van der Waals surface area (Å²) in [6.07, 6.45) is 0.389. The lowest BCUT2D eigenvalue weighted by Gasteiger charge is -2.42. The monoisotopic (exact) mass is 278 g/mol. The molecule has 0 amide bonds. The van der Waals surface area contributed by atoms with Gasteiger partial charge in [-0.3, -0.25) is 9.69 Å². The number of hydrogen-bond acceptors (Lipinski definition) is 4. The fourth-order valence-corrected chi connectivity index (χ4v) is 2.69. The van der Waals surface area contributed by atoms with Crippen molar-refractivity contribution >= 4 is 5.97 Å². The molecule has 110 valence electrons. The minimum absolute atomic E-state index is 0.175. The van der Waals surface area contributed by atoms with Crippen molar-refractivity contribution in [2.24, 2.45) is 0 Å². The summed E-state index contributed by atoms with van der Waals surface area (Å²) < 4.78 is 0. The van der Waals surface area contributed by atoms with Gasteiger partial charge in [0, 0.05) is 32.6 Å². The molecule has 2 N–H and O–H groups in total. The highest BCUT2D eigenvalue weighted by Crippen LogP contribution is 2.24. The first-order valence-electron chi connectivity index (χ1n) is 6.87. The molecule has 1 heterocycles.